The SMILES string of the molecule is COc1ccc(C(C)N(O)C(=O)OC(C)(C)C)cc1. The van der Waals surface area contributed by atoms with Gasteiger partial charge in [-0.25, -0.2) is 4.79 Å². The highest BCUT2D eigenvalue weighted by Gasteiger charge is 2.25. The van der Waals surface area contributed by atoms with Crippen molar-refractivity contribution in [1.82, 2.24) is 5.06 Å². The van der Waals surface area contributed by atoms with Gasteiger partial charge in [-0.2, -0.15) is 5.06 Å². The Morgan fingerprint density at radius 1 is 1.26 bits per heavy atom. The Morgan fingerprint density at radius 2 is 1.79 bits per heavy atom. The monoisotopic (exact) mass is 267 g/mol. The van der Waals surface area contributed by atoms with E-state index in [1.165, 1.54) is 0 Å². The number of carbonyl (C=O) groups is 1. The molecule has 0 fully saturated rings. The van der Waals surface area contributed by atoms with Crippen molar-refractivity contribution in [2.45, 2.75) is 39.3 Å². The molecule has 0 aliphatic carbocycles. The van der Waals surface area contributed by atoms with Crippen LogP contribution in [-0.4, -0.2) is 29.1 Å². The van der Waals surface area contributed by atoms with E-state index < -0.39 is 17.7 Å². The summed E-state index contributed by atoms with van der Waals surface area (Å²) in [5.74, 6) is 0.720. The lowest BCUT2D eigenvalue weighted by Gasteiger charge is -2.27. The first-order valence-corrected chi connectivity index (χ1v) is 6.09. The largest absolute Gasteiger partial charge is 0.497 e. The third-order valence-electron chi connectivity index (χ3n) is 2.55. The Hall–Kier alpha value is -1.75. The average Bonchev–Trinajstić information content (AvgIpc) is 2.35. The molecule has 0 aromatic heterocycles. The van der Waals surface area contributed by atoms with Crippen LogP contribution in [0.1, 0.15) is 39.3 Å². The predicted octanol–water partition coefficient (Wildman–Crippen LogP) is 3.38. The summed E-state index contributed by atoms with van der Waals surface area (Å²) in [5, 5.41) is 10.4. The minimum absolute atomic E-state index is 0.499. The Morgan fingerprint density at radius 3 is 2.21 bits per heavy atom. The smallest absolute Gasteiger partial charge is 0.434 e. The fourth-order valence-electron chi connectivity index (χ4n) is 1.49. The van der Waals surface area contributed by atoms with E-state index in [0.717, 1.165) is 11.3 Å². The van der Waals surface area contributed by atoms with Crippen LogP contribution in [0.4, 0.5) is 4.79 Å². The van der Waals surface area contributed by atoms with Crippen molar-refractivity contribution < 1.29 is 19.5 Å². The summed E-state index contributed by atoms with van der Waals surface area (Å²) in [6.45, 7) is 6.95. The van der Waals surface area contributed by atoms with Gasteiger partial charge in [0.2, 0.25) is 0 Å². The maximum Gasteiger partial charge on any atom is 0.434 e. The molecule has 1 atom stereocenters. The summed E-state index contributed by atoms with van der Waals surface area (Å²) >= 11 is 0. The molecule has 5 heteroatoms. The van der Waals surface area contributed by atoms with Crippen molar-refractivity contribution in [2.24, 2.45) is 0 Å². The van der Waals surface area contributed by atoms with Gasteiger partial charge in [-0.15, -0.1) is 0 Å². The molecule has 1 amide bonds. The van der Waals surface area contributed by atoms with Crippen molar-refractivity contribution >= 4 is 6.09 Å². The first kappa shape index (κ1) is 15.3. The maximum atomic E-state index is 11.7. The Kier molecular flexibility index (Phi) is 4.78. The molecule has 0 saturated carbocycles. The lowest BCUT2D eigenvalue weighted by Crippen LogP contribution is -2.36. The summed E-state index contributed by atoms with van der Waals surface area (Å²) in [7, 11) is 1.58. The van der Waals surface area contributed by atoms with Crippen LogP contribution in [0.5, 0.6) is 5.75 Å². The molecule has 1 aromatic rings. The first-order valence-electron chi connectivity index (χ1n) is 6.09. The van der Waals surface area contributed by atoms with Crippen molar-refractivity contribution in [3.8, 4) is 5.75 Å². The van der Waals surface area contributed by atoms with Crippen LogP contribution in [0, 0.1) is 0 Å². The van der Waals surface area contributed by atoms with Crippen LogP contribution in [0.25, 0.3) is 0 Å². The molecular formula is C14H21NO4. The molecule has 5 nitrogen and oxygen atoms in total. The number of nitrogens with zero attached hydrogens (tertiary/aromatic N) is 1. The quantitative estimate of drug-likeness (QED) is 0.673. The molecule has 19 heavy (non-hydrogen) atoms. The molecule has 1 unspecified atom stereocenters. The number of ether oxygens (including phenoxy) is 2. The molecule has 106 valence electrons. The van der Waals surface area contributed by atoms with Gasteiger partial charge in [0.1, 0.15) is 11.4 Å². The van der Waals surface area contributed by atoms with E-state index in [4.69, 9.17) is 9.47 Å². The highest BCUT2D eigenvalue weighted by molar-refractivity contribution is 5.67. The van der Waals surface area contributed by atoms with E-state index in [0.29, 0.717) is 5.06 Å². The Balaban J connectivity index is 2.75. The highest BCUT2D eigenvalue weighted by Crippen LogP contribution is 2.23. The number of benzene rings is 1. The zero-order valence-corrected chi connectivity index (χ0v) is 12.0. The molecule has 0 radical (unpaired) electrons. The van der Waals surface area contributed by atoms with Gasteiger partial charge in [0.15, 0.2) is 0 Å². The Labute approximate surface area is 113 Å². The third-order valence-corrected chi connectivity index (χ3v) is 2.55. The number of hydrogen-bond acceptors (Lipinski definition) is 4. The highest BCUT2D eigenvalue weighted by atomic mass is 16.6. The Bertz CT molecular complexity index is 422. The van der Waals surface area contributed by atoms with Gasteiger partial charge in [0, 0.05) is 0 Å². The van der Waals surface area contributed by atoms with E-state index in [-0.39, 0.29) is 0 Å². The molecule has 1 N–H and O–H groups in total. The summed E-state index contributed by atoms with van der Waals surface area (Å²) < 4.78 is 10.2. The second-order valence-electron chi connectivity index (χ2n) is 5.27. The minimum Gasteiger partial charge on any atom is -0.497 e. The number of hydroxylamine groups is 2. The average molecular weight is 267 g/mol. The second-order valence-corrected chi connectivity index (χ2v) is 5.27. The summed E-state index contributed by atoms with van der Waals surface area (Å²) in [6, 6.07) is 6.62. The molecule has 0 aliphatic heterocycles. The number of amides is 1. The molecular weight excluding hydrogens is 246 g/mol. The first-order chi connectivity index (χ1) is 8.74. The van der Waals surface area contributed by atoms with Gasteiger partial charge in [-0.1, -0.05) is 12.1 Å². The normalized spacial score (nSPS) is 12.7. The van der Waals surface area contributed by atoms with E-state index in [9.17, 15) is 10.0 Å². The molecule has 0 saturated heterocycles. The van der Waals surface area contributed by atoms with E-state index in [1.54, 1.807) is 59.1 Å². The molecule has 0 aliphatic rings. The van der Waals surface area contributed by atoms with Crippen LogP contribution in [-0.2, 0) is 4.74 Å². The maximum absolute atomic E-state index is 11.7. The summed E-state index contributed by atoms with van der Waals surface area (Å²) in [4.78, 5) is 11.7. The summed E-state index contributed by atoms with van der Waals surface area (Å²) in [5.41, 5.74) is 0.145. The van der Waals surface area contributed by atoms with Crippen LogP contribution in [0.3, 0.4) is 0 Å². The van der Waals surface area contributed by atoms with Gasteiger partial charge >= 0.3 is 6.09 Å². The van der Waals surface area contributed by atoms with Crippen LogP contribution < -0.4 is 4.74 Å². The lowest BCUT2D eigenvalue weighted by molar-refractivity contribution is -0.117. The lowest BCUT2D eigenvalue weighted by atomic mass is 10.1. The topological polar surface area (TPSA) is 59.0 Å². The van der Waals surface area contributed by atoms with Crippen molar-refractivity contribution in [2.75, 3.05) is 7.11 Å². The van der Waals surface area contributed by atoms with Crippen LogP contribution in [0.2, 0.25) is 0 Å². The van der Waals surface area contributed by atoms with Crippen LogP contribution >= 0.6 is 0 Å². The predicted molar refractivity (Wildman–Crippen MR) is 71.3 cm³/mol. The molecule has 0 spiro atoms. The standard InChI is InChI=1S/C14H21NO4/c1-10(11-6-8-12(18-5)9-7-11)15(17)13(16)19-14(2,3)4/h6-10,17H,1-5H3. The van der Waals surface area contributed by atoms with Gasteiger partial charge in [-0.3, -0.25) is 5.21 Å². The molecule has 1 aromatic carbocycles. The number of rotatable bonds is 3. The summed E-state index contributed by atoms with van der Waals surface area (Å²) in [6.07, 6.45) is -0.768. The fourth-order valence-corrected chi connectivity index (χ4v) is 1.49. The zero-order valence-electron chi connectivity index (χ0n) is 12.0. The van der Waals surface area contributed by atoms with Crippen molar-refractivity contribution in [3.05, 3.63) is 29.8 Å². The number of hydrogen-bond donors (Lipinski definition) is 1. The second kappa shape index (κ2) is 5.93. The van der Waals surface area contributed by atoms with E-state index in [1.807, 2.05) is 0 Å². The number of methoxy groups -OCH3 is 1. The van der Waals surface area contributed by atoms with Crippen LogP contribution in [0.15, 0.2) is 24.3 Å². The van der Waals surface area contributed by atoms with Gasteiger partial charge in [-0.05, 0) is 45.4 Å². The molecule has 0 bridgehead atoms. The number of carbonyl (C=O) groups excluding carboxylic acids is 1. The zero-order chi connectivity index (χ0) is 14.6. The molecule has 1 rings (SSSR count). The third kappa shape index (κ3) is 4.44. The molecule has 0 heterocycles. The minimum atomic E-state index is -0.768. The van der Waals surface area contributed by atoms with Crippen molar-refractivity contribution in [3.63, 3.8) is 0 Å². The van der Waals surface area contributed by atoms with Gasteiger partial charge < -0.3 is 9.47 Å². The van der Waals surface area contributed by atoms with Crippen molar-refractivity contribution in [1.29, 1.82) is 0 Å². The van der Waals surface area contributed by atoms with Gasteiger partial charge in [0.05, 0.1) is 13.2 Å². The van der Waals surface area contributed by atoms with E-state index in [2.05, 4.69) is 0 Å². The van der Waals surface area contributed by atoms with Gasteiger partial charge in [0.25, 0.3) is 0 Å². The fraction of sp³-hybridized carbons (Fsp3) is 0.500. The van der Waals surface area contributed by atoms with E-state index >= 15 is 0 Å².